The molecule has 3 rings (SSSR count). The molecule has 1 atom stereocenters. The standard InChI is InChI=1S/C17H19N3O3S.Na.H2O.H/c1-10-8-18-15(11(2)16(10)23-4)9-24(21)17-19-13-6-5-12(22-3)7-14(13)20-17;;;/h5-8H,9H2,1-4H3,(H,19,20);;1H2;/q;+1;;-1/t24-;;;/m1.../s1. The van der Waals surface area contributed by atoms with Gasteiger partial charge < -0.3 is 21.4 Å². The SMILES string of the molecule is COc1ccc2nc([S@](=O)Cc3ncc(C)c(OC)c3C)[nH]c2c1.O.[H-].[Na+]. The van der Waals surface area contributed by atoms with Crippen molar-refractivity contribution in [3.8, 4) is 11.5 Å². The van der Waals surface area contributed by atoms with Gasteiger partial charge in [0.05, 0.1) is 47.5 Å². The maximum absolute atomic E-state index is 12.7. The molecule has 2 aromatic heterocycles. The minimum Gasteiger partial charge on any atom is -1.00 e. The minimum absolute atomic E-state index is 0. The molecule has 0 aliphatic rings. The van der Waals surface area contributed by atoms with Crippen LogP contribution in [0.4, 0.5) is 0 Å². The summed E-state index contributed by atoms with van der Waals surface area (Å²) < 4.78 is 23.3. The van der Waals surface area contributed by atoms with Crippen LogP contribution in [0.1, 0.15) is 18.2 Å². The number of methoxy groups -OCH3 is 2. The summed E-state index contributed by atoms with van der Waals surface area (Å²) in [6.45, 7) is 3.86. The number of aromatic amines is 1. The summed E-state index contributed by atoms with van der Waals surface area (Å²) in [6.07, 6.45) is 1.74. The van der Waals surface area contributed by atoms with E-state index in [0.29, 0.717) is 5.16 Å². The average Bonchev–Trinajstić information content (AvgIpc) is 3.01. The Hall–Kier alpha value is -1.45. The molecule has 0 aliphatic heterocycles. The van der Waals surface area contributed by atoms with Crippen molar-refractivity contribution < 1.29 is 50.1 Å². The van der Waals surface area contributed by atoms with Crippen molar-refractivity contribution in [2.75, 3.05) is 14.2 Å². The molecule has 0 amide bonds. The third-order valence-corrected chi connectivity index (χ3v) is 5.06. The average molecular weight is 387 g/mol. The summed E-state index contributed by atoms with van der Waals surface area (Å²) in [6, 6.07) is 5.50. The quantitative estimate of drug-likeness (QED) is 0.576. The molecular formula is C17H22N3NaO4S. The maximum atomic E-state index is 12.7. The number of aromatic nitrogens is 3. The summed E-state index contributed by atoms with van der Waals surface area (Å²) in [5, 5.41) is 0.430. The van der Waals surface area contributed by atoms with E-state index >= 15 is 0 Å². The molecule has 3 aromatic rings. The van der Waals surface area contributed by atoms with Gasteiger partial charge in [0.25, 0.3) is 0 Å². The molecule has 0 fully saturated rings. The Kier molecular flexibility index (Phi) is 8.23. The van der Waals surface area contributed by atoms with Crippen molar-refractivity contribution in [1.29, 1.82) is 0 Å². The second-order valence-electron chi connectivity index (χ2n) is 5.46. The smallest absolute Gasteiger partial charge is 1.00 e. The van der Waals surface area contributed by atoms with Gasteiger partial charge in [0.15, 0.2) is 5.16 Å². The van der Waals surface area contributed by atoms with Gasteiger partial charge in [-0.15, -0.1) is 0 Å². The number of aryl methyl sites for hydroxylation is 1. The van der Waals surface area contributed by atoms with Crippen LogP contribution >= 0.6 is 0 Å². The summed E-state index contributed by atoms with van der Waals surface area (Å²) in [5.74, 6) is 1.79. The zero-order valence-electron chi connectivity index (χ0n) is 16.5. The fourth-order valence-corrected chi connectivity index (χ4v) is 3.71. The Bertz CT molecular complexity index is 936. The van der Waals surface area contributed by atoms with Gasteiger partial charge in [-0.05, 0) is 26.0 Å². The molecule has 0 unspecified atom stereocenters. The van der Waals surface area contributed by atoms with Gasteiger partial charge >= 0.3 is 29.6 Å². The first-order valence-corrected chi connectivity index (χ1v) is 8.76. The van der Waals surface area contributed by atoms with Gasteiger partial charge in [0.2, 0.25) is 0 Å². The van der Waals surface area contributed by atoms with Crippen LogP contribution in [0.25, 0.3) is 11.0 Å². The number of ether oxygens (including phenoxy) is 2. The van der Waals surface area contributed by atoms with Gasteiger partial charge in [-0.25, -0.2) is 4.98 Å². The van der Waals surface area contributed by atoms with Crippen molar-refractivity contribution >= 4 is 21.8 Å². The number of imidazole rings is 1. The normalized spacial score (nSPS) is 11.4. The number of rotatable bonds is 5. The molecule has 0 radical (unpaired) electrons. The molecule has 0 bridgehead atoms. The van der Waals surface area contributed by atoms with Crippen molar-refractivity contribution in [3.63, 3.8) is 0 Å². The van der Waals surface area contributed by atoms with E-state index in [0.717, 1.165) is 39.4 Å². The monoisotopic (exact) mass is 387 g/mol. The number of nitrogens with one attached hydrogen (secondary N) is 1. The van der Waals surface area contributed by atoms with E-state index in [1.54, 1.807) is 20.4 Å². The number of pyridine rings is 1. The minimum atomic E-state index is -1.33. The van der Waals surface area contributed by atoms with Crippen LogP contribution in [0.3, 0.4) is 0 Å². The molecular weight excluding hydrogens is 365 g/mol. The van der Waals surface area contributed by atoms with Crippen LogP contribution in [0, 0.1) is 13.8 Å². The fraction of sp³-hybridized carbons (Fsp3) is 0.294. The number of hydrogen-bond donors (Lipinski definition) is 1. The molecule has 26 heavy (non-hydrogen) atoms. The van der Waals surface area contributed by atoms with Crippen LogP contribution in [0.2, 0.25) is 0 Å². The van der Waals surface area contributed by atoms with Crippen molar-refractivity contribution in [2.45, 2.75) is 24.8 Å². The molecule has 0 spiro atoms. The second kappa shape index (κ2) is 9.48. The predicted molar refractivity (Wildman–Crippen MR) is 97.7 cm³/mol. The number of nitrogens with zero attached hydrogens (tertiary/aromatic N) is 2. The van der Waals surface area contributed by atoms with Crippen LogP contribution in [0.5, 0.6) is 11.5 Å². The number of benzene rings is 1. The first-order chi connectivity index (χ1) is 11.5. The first kappa shape index (κ1) is 22.6. The van der Waals surface area contributed by atoms with Crippen molar-refractivity contribution in [2.24, 2.45) is 0 Å². The third kappa shape index (κ3) is 4.44. The van der Waals surface area contributed by atoms with E-state index in [1.807, 2.05) is 32.0 Å². The largest absolute Gasteiger partial charge is 1.00 e. The number of hydrogen-bond acceptors (Lipinski definition) is 5. The summed E-state index contributed by atoms with van der Waals surface area (Å²) in [4.78, 5) is 11.9. The van der Waals surface area contributed by atoms with Crippen LogP contribution < -0.4 is 39.0 Å². The van der Waals surface area contributed by atoms with Gasteiger partial charge in [-0.1, -0.05) is 0 Å². The number of fused-ring (bicyclic) bond motifs is 1. The van der Waals surface area contributed by atoms with Gasteiger partial charge in [0.1, 0.15) is 11.5 Å². The van der Waals surface area contributed by atoms with Gasteiger partial charge in [-0.2, -0.15) is 0 Å². The first-order valence-electron chi connectivity index (χ1n) is 7.44. The van der Waals surface area contributed by atoms with Crippen molar-refractivity contribution in [3.05, 3.63) is 41.2 Å². The molecule has 0 saturated carbocycles. The maximum Gasteiger partial charge on any atom is 1.00 e. The third-order valence-electron chi connectivity index (χ3n) is 3.90. The molecule has 7 nitrogen and oxygen atoms in total. The van der Waals surface area contributed by atoms with Crippen molar-refractivity contribution in [1.82, 2.24) is 15.0 Å². The Balaban J connectivity index is 0.00000225. The second-order valence-corrected chi connectivity index (χ2v) is 6.83. The predicted octanol–water partition coefficient (Wildman–Crippen LogP) is -0.808. The van der Waals surface area contributed by atoms with E-state index < -0.39 is 10.8 Å². The van der Waals surface area contributed by atoms with Crippen LogP contribution in [-0.2, 0) is 16.6 Å². The topological polar surface area (TPSA) is 109 Å². The Labute approximate surface area is 178 Å². The van der Waals surface area contributed by atoms with Gasteiger partial charge in [-0.3, -0.25) is 9.19 Å². The molecule has 0 saturated heterocycles. The Morgan fingerprint density at radius 2 is 1.96 bits per heavy atom. The summed E-state index contributed by atoms with van der Waals surface area (Å²) in [5.41, 5.74) is 4.16. The molecule has 136 valence electrons. The van der Waals surface area contributed by atoms with Crippen LogP contribution in [-0.4, -0.2) is 38.9 Å². The van der Waals surface area contributed by atoms with E-state index in [-0.39, 0.29) is 42.2 Å². The van der Waals surface area contributed by atoms with E-state index in [1.165, 1.54) is 0 Å². The Morgan fingerprint density at radius 1 is 1.23 bits per heavy atom. The van der Waals surface area contributed by atoms with Gasteiger partial charge in [0, 0.05) is 23.4 Å². The summed E-state index contributed by atoms with van der Waals surface area (Å²) >= 11 is 0. The van der Waals surface area contributed by atoms with E-state index in [4.69, 9.17) is 9.47 Å². The van der Waals surface area contributed by atoms with Crippen LogP contribution in [0.15, 0.2) is 29.6 Å². The molecule has 9 heteroatoms. The fourth-order valence-electron chi connectivity index (χ4n) is 2.61. The van der Waals surface area contributed by atoms with E-state index in [2.05, 4.69) is 15.0 Å². The molecule has 3 N–H and O–H groups in total. The molecule has 2 heterocycles. The zero-order valence-corrected chi connectivity index (χ0v) is 18.4. The zero-order chi connectivity index (χ0) is 17.3. The number of H-pyrrole nitrogens is 1. The van der Waals surface area contributed by atoms with E-state index in [9.17, 15) is 4.21 Å². The Morgan fingerprint density at radius 3 is 2.62 bits per heavy atom. The summed E-state index contributed by atoms with van der Waals surface area (Å²) in [7, 11) is 1.91. The molecule has 0 aliphatic carbocycles. The molecule has 1 aromatic carbocycles.